The van der Waals surface area contributed by atoms with E-state index in [-0.39, 0.29) is 5.75 Å². The second kappa shape index (κ2) is 10.9. The van der Waals surface area contributed by atoms with Crippen LogP contribution in [0.4, 0.5) is 0 Å². The predicted molar refractivity (Wildman–Crippen MR) is 122 cm³/mol. The monoisotopic (exact) mass is 448 g/mol. The second-order valence-corrected chi connectivity index (χ2v) is 6.96. The number of nitrogens with one attached hydrogen (secondary N) is 1. The third kappa shape index (κ3) is 5.75. The Morgan fingerprint density at radius 1 is 0.939 bits per heavy atom. The summed E-state index contributed by atoms with van der Waals surface area (Å²) in [6, 6.07) is 22.0. The highest BCUT2D eigenvalue weighted by Gasteiger charge is 2.39. The summed E-state index contributed by atoms with van der Waals surface area (Å²) in [5.74, 6) is -1.19. The lowest BCUT2D eigenvalue weighted by Crippen LogP contribution is -2.43. The molecule has 0 aliphatic heterocycles. The molecule has 3 aromatic rings. The molecule has 8 nitrogen and oxygen atoms in total. The Bertz CT molecular complexity index is 1080. The average molecular weight is 448 g/mol. The molecule has 0 heterocycles. The molecule has 0 spiro atoms. The number of nitrogens with zero attached hydrogens (tertiary/aromatic N) is 1. The van der Waals surface area contributed by atoms with Gasteiger partial charge in [-0.2, -0.15) is 5.10 Å². The lowest BCUT2D eigenvalue weighted by atomic mass is 9.85. The fourth-order valence-corrected chi connectivity index (χ4v) is 3.17. The molecule has 1 amide bonds. The highest BCUT2D eigenvalue weighted by atomic mass is 16.5. The minimum absolute atomic E-state index is 0.281. The number of carboxylic acid groups (broad SMARTS) is 1. The summed E-state index contributed by atoms with van der Waals surface area (Å²) in [4.78, 5) is 23.8. The molecule has 0 bridgehead atoms. The zero-order valence-corrected chi connectivity index (χ0v) is 18.0. The fourth-order valence-electron chi connectivity index (χ4n) is 3.17. The first-order chi connectivity index (χ1) is 15.9. The van der Waals surface area contributed by atoms with Crippen LogP contribution in [0.3, 0.4) is 0 Å². The van der Waals surface area contributed by atoms with Gasteiger partial charge in [-0.25, -0.2) is 10.2 Å². The van der Waals surface area contributed by atoms with Crippen molar-refractivity contribution in [1.29, 1.82) is 0 Å². The molecule has 3 aromatic carbocycles. The number of aliphatic hydroxyl groups is 1. The quantitative estimate of drug-likeness (QED) is 0.324. The lowest BCUT2D eigenvalue weighted by Gasteiger charge is -2.27. The topological polar surface area (TPSA) is 117 Å². The summed E-state index contributed by atoms with van der Waals surface area (Å²) in [6.07, 6.45) is 1.39. The maximum atomic E-state index is 13.1. The van der Waals surface area contributed by atoms with E-state index in [4.69, 9.17) is 14.6 Å². The Labute approximate surface area is 191 Å². The first-order valence-corrected chi connectivity index (χ1v) is 10.2. The Morgan fingerprint density at radius 3 is 2.09 bits per heavy atom. The smallest absolute Gasteiger partial charge is 0.341 e. The zero-order chi connectivity index (χ0) is 23.7. The number of carbonyl (C=O) groups is 2. The highest BCUT2D eigenvalue weighted by Crippen LogP contribution is 2.30. The maximum absolute atomic E-state index is 13.1. The van der Waals surface area contributed by atoms with Gasteiger partial charge in [-0.15, -0.1) is 0 Å². The molecule has 0 aromatic heterocycles. The van der Waals surface area contributed by atoms with Gasteiger partial charge in [0, 0.05) is 0 Å². The molecule has 33 heavy (non-hydrogen) atoms. The van der Waals surface area contributed by atoms with Gasteiger partial charge in [-0.1, -0.05) is 60.7 Å². The van der Waals surface area contributed by atoms with E-state index in [0.29, 0.717) is 29.0 Å². The molecular formula is C25H24N2O6. The van der Waals surface area contributed by atoms with Crippen molar-refractivity contribution < 1.29 is 29.3 Å². The van der Waals surface area contributed by atoms with Crippen molar-refractivity contribution in [2.24, 2.45) is 5.10 Å². The number of rotatable bonds is 10. The average Bonchev–Trinajstić information content (AvgIpc) is 2.84. The Morgan fingerprint density at radius 2 is 1.55 bits per heavy atom. The number of hydrogen-bond acceptors (Lipinski definition) is 6. The van der Waals surface area contributed by atoms with E-state index in [1.165, 1.54) is 6.21 Å². The summed E-state index contributed by atoms with van der Waals surface area (Å²) in [7, 11) is 0. The van der Waals surface area contributed by atoms with Crippen LogP contribution in [0, 0.1) is 0 Å². The van der Waals surface area contributed by atoms with Crippen molar-refractivity contribution in [3.05, 3.63) is 95.6 Å². The van der Waals surface area contributed by atoms with E-state index < -0.39 is 24.1 Å². The van der Waals surface area contributed by atoms with Gasteiger partial charge in [0.15, 0.2) is 23.7 Å². The van der Waals surface area contributed by atoms with Crippen LogP contribution in [0.1, 0.15) is 23.6 Å². The van der Waals surface area contributed by atoms with Gasteiger partial charge in [0.05, 0.1) is 12.8 Å². The van der Waals surface area contributed by atoms with Crippen molar-refractivity contribution in [2.75, 3.05) is 13.2 Å². The van der Waals surface area contributed by atoms with Crippen LogP contribution >= 0.6 is 0 Å². The van der Waals surface area contributed by atoms with Crippen molar-refractivity contribution in [2.45, 2.75) is 12.5 Å². The van der Waals surface area contributed by atoms with Gasteiger partial charge in [-0.3, -0.25) is 4.79 Å². The summed E-state index contributed by atoms with van der Waals surface area (Å²) in [5, 5.41) is 24.2. The molecule has 8 heteroatoms. The molecular weight excluding hydrogens is 424 g/mol. The zero-order valence-electron chi connectivity index (χ0n) is 18.0. The minimum atomic E-state index is -1.94. The van der Waals surface area contributed by atoms with Gasteiger partial charge >= 0.3 is 5.97 Å². The maximum Gasteiger partial charge on any atom is 0.341 e. The number of ether oxygens (including phenoxy) is 2. The number of hydrazone groups is 1. The van der Waals surface area contributed by atoms with E-state index in [1.807, 2.05) is 0 Å². The summed E-state index contributed by atoms with van der Waals surface area (Å²) < 4.78 is 10.7. The van der Waals surface area contributed by atoms with Gasteiger partial charge in [0.2, 0.25) is 0 Å². The molecule has 0 unspecified atom stereocenters. The molecule has 0 saturated carbocycles. The molecule has 0 fully saturated rings. The number of hydrogen-bond donors (Lipinski definition) is 3. The third-order valence-electron chi connectivity index (χ3n) is 4.71. The number of carboxylic acids is 1. The van der Waals surface area contributed by atoms with Crippen LogP contribution in [0.15, 0.2) is 84.0 Å². The van der Waals surface area contributed by atoms with Crippen molar-refractivity contribution >= 4 is 18.1 Å². The number of aliphatic carboxylic acids is 1. The standard InChI is InChI=1S/C25H24N2O6/c1-2-32-22-15-18(13-14-21(22)33-17-23(28)29)16-26-27-24(30)25(31,19-9-5-3-6-10-19)20-11-7-4-8-12-20/h3-16,31H,2,17H2,1H3,(H,27,30)(H,28,29)/b26-16-. The largest absolute Gasteiger partial charge is 0.490 e. The number of carbonyl (C=O) groups excluding carboxylic acids is 1. The third-order valence-corrected chi connectivity index (χ3v) is 4.71. The predicted octanol–water partition coefficient (Wildman–Crippen LogP) is 2.93. The van der Waals surface area contributed by atoms with Crippen LogP contribution in [-0.2, 0) is 15.2 Å². The van der Waals surface area contributed by atoms with Crippen molar-refractivity contribution in [1.82, 2.24) is 5.43 Å². The summed E-state index contributed by atoms with van der Waals surface area (Å²) >= 11 is 0. The van der Waals surface area contributed by atoms with Crippen LogP contribution in [0.5, 0.6) is 11.5 Å². The number of amides is 1. The molecule has 0 aliphatic carbocycles. The number of benzene rings is 3. The Hall–Kier alpha value is -4.17. The molecule has 0 saturated heterocycles. The highest BCUT2D eigenvalue weighted by molar-refractivity contribution is 5.91. The summed E-state index contributed by atoms with van der Waals surface area (Å²) in [5.41, 5.74) is 1.85. The van der Waals surface area contributed by atoms with E-state index in [0.717, 1.165) is 0 Å². The van der Waals surface area contributed by atoms with Crippen molar-refractivity contribution in [3.8, 4) is 11.5 Å². The molecule has 3 rings (SSSR count). The normalized spacial score (nSPS) is 11.2. The van der Waals surface area contributed by atoms with Gasteiger partial charge in [0.25, 0.3) is 5.91 Å². The molecule has 0 atom stereocenters. The van der Waals surface area contributed by atoms with Crippen LogP contribution in [-0.4, -0.2) is 41.5 Å². The Kier molecular flexibility index (Phi) is 7.77. The van der Waals surface area contributed by atoms with Gasteiger partial charge < -0.3 is 19.7 Å². The van der Waals surface area contributed by atoms with Crippen LogP contribution in [0.2, 0.25) is 0 Å². The minimum Gasteiger partial charge on any atom is -0.490 e. The van der Waals surface area contributed by atoms with E-state index >= 15 is 0 Å². The Balaban J connectivity index is 1.81. The lowest BCUT2D eigenvalue weighted by molar-refractivity contribution is -0.139. The second-order valence-electron chi connectivity index (χ2n) is 6.96. The molecule has 0 aliphatic rings. The van der Waals surface area contributed by atoms with E-state index in [2.05, 4.69) is 10.5 Å². The molecule has 170 valence electrons. The molecule has 3 N–H and O–H groups in total. The molecule has 0 radical (unpaired) electrons. The van der Waals surface area contributed by atoms with Crippen molar-refractivity contribution in [3.63, 3.8) is 0 Å². The van der Waals surface area contributed by atoms with Gasteiger partial charge in [0.1, 0.15) is 0 Å². The summed E-state index contributed by atoms with van der Waals surface area (Å²) in [6.45, 7) is 1.64. The van der Waals surface area contributed by atoms with E-state index in [9.17, 15) is 14.7 Å². The fraction of sp³-hybridized carbons (Fsp3) is 0.160. The van der Waals surface area contributed by atoms with Crippen LogP contribution < -0.4 is 14.9 Å². The van der Waals surface area contributed by atoms with Crippen LogP contribution in [0.25, 0.3) is 0 Å². The first-order valence-electron chi connectivity index (χ1n) is 10.2. The van der Waals surface area contributed by atoms with Gasteiger partial charge in [-0.05, 0) is 41.8 Å². The first kappa shape index (κ1) is 23.5. The SMILES string of the molecule is CCOc1cc(/C=N\NC(=O)C(O)(c2ccccc2)c2ccccc2)ccc1OCC(=O)O. The van der Waals surface area contributed by atoms with E-state index in [1.54, 1.807) is 85.8 Å².